The molecule has 0 aliphatic rings. The maximum Gasteiger partial charge on any atom is 0.134 e. The Bertz CT molecular complexity index is 1040. The third-order valence-electron chi connectivity index (χ3n) is 5.22. The van der Waals surface area contributed by atoms with E-state index in [4.69, 9.17) is 4.42 Å². The fraction of sp³-hybridized carbons (Fsp3) is 0.333. The first-order valence-electron chi connectivity index (χ1n) is 9.33. The third kappa shape index (κ3) is 3.05. The van der Waals surface area contributed by atoms with Crippen molar-refractivity contribution in [1.82, 2.24) is 4.57 Å². The van der Waals surface area contributed by atoms with Crippen molar-refractivity contribution < 1.29 is 4.42 Å². The first kappa shape index (κ1) is 17.0. The Morgan fingerprint density at radius 2 is 1.54 bits per heavy atom. The van der Waals surface area contributed by atoms with E-state index in [1.165, 1.54) is 21.7 Å². The topological polar surface area (TPSA) is 18.1 Å². The zero-order valence-corrected chi connectivity index (χ0v) is 16.3. The summed E-state index contributed by atoms with van der Waals surface area (Å²) in [6, 6.07) is 17.2. The van der Waals surface area contributed by atoms with E-state index in [0.29, 0.717) is 0 Å². The molecule has 2 aromatic carbocycles. The second kappa shape index (κ2) is 5.77. The lowest BCUT2D eigenvalue weighted by Crippen LogP contribution is -2.19. The van der Waals surface area contributed by atoms with Gasteiger partial charge in [-0.15, -0.1) is 0 Å². The highest BCUT2D eigenvalue weighted by Gasteiger charge is 2.25. The first-order valence-corrected chi connectivity index (χ1v) is 9.33. The zero-order chi connectivity index (χ0) is 18.5. The summed E-state index contributed by atoms with van der Waals surface area (Å²) in [7, 11) is 0. The van der Waals surface area contributed by atoms with Gasteiger partial charge in [-0.25, -0.2) is 0 Å². The minimum Gasteiger partial charge on any atom is -0.460 e. The van der Waals surface area contributed by atoms with Gasteiger partial charge in [0.1, 0.15) is 11.3 Å². The van der Waals surface area contributed by atoms with Gasteiger partial charge in [-0.1, -0.05) is 44.2 Å². The number of furan rings is 1. The van der Waals surface area contributed by atoms with Crippen molar-refractivity contribution in [2.45, 2.75) is 52.0 Å². The van der Waals surface area contributed by atoms with E-state index in [2.05, 4.69) is 88.0 Å². The normalized spacial score (nSPS) is 13.0. The maximum atomic E-state index is 6.14. The lowest BCUT2D eigenvalue weighted by Gasteiger charge is -2.22. The van der Waals surface area contributed by atoms with E-state index in [-0.39, 0.29) is 11.0 Å². The highest BCUT2D eigenvalue weighted by atomic mass is 16.3. The predicted octanol–water partition coefficient (Wildman–Crippen LogP) is 6.66. The average Bonchev–Trinajstić information content (AvgIpc) is 3.18. The van der Waals surface area contributed by atoms with Gasteiger partial charge in [-0.05, 0) is 61.7 Å². The van der Waals surface area contributed by atoms with Crippen LogP contribution in [0.3, 0.4) is 0 Å². The van der Waals surface area contributed by atoms with E-state index in [9.17, 15) is 0 Å². The summed E-state index contributed by atoms with van der Waals surface area (Å²) in [6.07, 6.45) is 5.44. The van der Waals surface area contributed by atoms with Crippen LogP contribution >= 0.6 is 0 Å². The van der Waals surface area contributed by atoms with Crippen molar-refractivity contribution in [3.63, 3.8) is 0 Å². The Kier molecular flexibility index (Phi) is 3.76. The number of rotatable bonds is 3. The fourth-order valence-electron chi connectivity index (χ4n) is 3.60. The van der Waals surface area contributed by atoms with Gasteiger partial charge < -0.3 is 8.98 Å². The van der Waals surface area contributed by atoms with Gasteiger partial charge in [0, 0.05) is 28.7 Å². The Labute approximate surface area is 155 Å². The smallest absolute Gasteiger partial charge is 0.134 e. The Balaban J connectivity index is 1.66. The number of aromatic nitrogens is 1. The minimum atomic E-state index is -0.0563. The number of para-hydroxylation sites is 1. The molecule has 134 valence electrons. The molecule has 0 unspecified atom stereocenters. The van der Waals surface area contributed by atoms with E-state index in [1.54, 1.807) is 0 Å². The number of hydrogen-bond donors (Lipinski definition) is 0. The van der Waals surface area contributed by atoms with E-state index >= 15 is 0 Å². The molecule has 0 aliphatic heterocycles. The second-order valence-electron chi connectivity index (χ2n) is 9.01. The van der Waals surface area contributed by atoms with Crippen LogP contribution in [0.4, 0.5) is 0 Å². The Hall–Kier alpha value is -2.48. The van der Waals surface area contributed by atoms with Crippen molar-refractivity contribution in [3.05, 3.63) is 72.2 Å². The van der Waals surface area contributed by atoms with Gasteiger partial charge in [0.25, 0.3) is 0 Å². The standard InChI is InChI=1S/C24H27NO/c1-23(2,3)25-15-19-11-10-17(12-20(19)16-25)14-24(4,5)22-13-18-8-6-7-9-21(18)26-22/h6-13,15-16H,14H2,1-5H3. The van der Waals surface area contributed by atoms with Crippen LogP contribution in [0.15, 0.2) is 65.3 Å². The third-order valence-corrected chi connectivity index (χ3v) is 5.22. The van der Waals surface area contributed by atoms with Crippen LogP contribution in [0, 0.1) is 0 Å². The second-order valence-corrected chi connectivity index (χ2v) is 9.01. The van der Waals surface area contributed by atoms with Crippen molar-refractivity contribution >= 4 is 21.7 Å². The molecule has 2 heterocycles. The van der Waals surface area contributed by atoms with Crippen molar-refractivity contribution in [2.24, 2.45) is 0 Å². The molecule has 0 radical (unpaired) electrons. The van der Waals surface area contributed by atoms with Gasteiger partial charge in [0.15, 0.2) is 0 Å². The summed E-state index contributed by atoms with van der Waals surface area (Å²) in [4.78, 5) is 0. The predicted molar refractivity (Wildman–Crippen MR) is 110 cm³/mol. The zero-order valence-electron chi connectivity index (χ0n) is 16.3. The number of nitrogens with zero attached hydrogens (tertiary/aromatic N) is 1. The molecule has 26 heavy (non-hydrogen) atoms. The fourth-order valence-corrected chi connectivity index (χ4v) is 3.60. The lowest BCUT2D eigenvalue weighted by atomic mass is 9.83. The van der Waals surface area contributed by atoms with Gasteiger partial charge in [-0.2, -0.15) is 0 Å². The molecule has 0 fully saturated rings. The van der Waals surface area contributed by atoms with E-state index in [0.717, 1.165) is 17.8 Å². The van der Waals surface area contributed by atoms with Crippen LogP contribution in [0.2, 0.25) is 0 Å². The van der Waals surface area contributed by atoms with Crippen molar-refractivity contribution in [3.8, 4) is 0 Å². The summed E-state index contributed by atoms with van der Waals surface area (Å²) in [5.41, 5.74) is 2.36. The molecule has 2 nitrogen and oxygen atoms in total. The monoisotopic (exact) mass is 345 g/mol. The van der Waals surface area contributed by atoms with E-state index < -0.39 is 0 Å². The average molecular weight is 345 g/mol. The molecule has 0 amide bonds. The highest BCUT2D eigenvalue weighted by molar-refractivity contribution is 5.83. The number of benzene rings is 2. The SMILES string of the molecule is CC(C)(Cc1ccc2cn(C(C)(C)C)cc2c1)c1cc2ccccc2o1. The molecule has 2 aromatic heterocycles. The molecular formula is C24H27NO. The molecule has 0 N–H and O–H groups in total. The van der Waals surface area contributed by atoms with Crippen LogP contribution < -0.4 is 0 Å². The number of fused-ring (bicyclic) bond motifs is 2. The van der Waals surface area contributed by atoms with Crippen molar-refractivity contribution in [2.75, 3.05) is 0 Å². The quantitative estimate of drug-likeness (QED) is 0.406. The maximum absolute atomic E-state index is 6.14. The van der Waals surface area contributed by atoms with Crippen LogP contribution in [-0.4, -0.2) is 4.57 Å². The summed E-state index contributed by atoms with van der Waals surface area (Å²) >= 11 is 0. The summed E-state index contributed by atoms with van der Waals surface area (Å²) in [5, 5.41) is 3.77. The molecule has 0 aliphatic carbocycles. The van der Waals surface area contributed by atoms with Crippen LogP contribution in [0.1, 0.15) is 45.9 Å². The van der Waals surface area contributed by atoms with Gasteiger partial charge in [-0.3, -0.25) is 0 Å². The van der Waals surface area contributed by atoms with E-state index in [1.807, 2.05) is 12.1 Å². The Morgan fingerprint density at radius 1 is 0.808 bits per heavy atom. The molecule has 0 spiro atoms. The summed E-state index contributed by atoms with van der Waals surface area (Å²) in [6.45, 7) is 11.2. The van der Waals surface area contributed by atoms with Crippen LogP contribution in [0.25, 0.3) is 21.7 Å². The minimum absolute atomic E-state index is 0.0563. The number of hydrogen-bond acceptors (Lipinski definition) is 1. The summed E-state index contributed by atoms with van der Waals surface area (Å²) < 4.78 is 8.43. The van der Waals surface area contributed by atoms with Crippen LogP contribution in [0.5, 0.6) is 0 Å². The molecule has 4 rings (SSSR count). The lowest BCUT2D eigenvalue weighted by molar-refractivity contribution is 0.399. The molecule has 2 heteroatoms. The van der Waals surface area contributed by atoms with Gasteiger partial charge in [0.05, 0.1) is 0 Å². The molecular weight excluding hydrogens is 318 g/mol. The Morgan fingerprint density at radius 3 is 2.27 bits per heavy atom. The molecule has 0 saturated heterocycles. The first-order chi connectivity index (χ1) is 12.2. The summed E-state index contributed by atoms with van der Waals surface area (Å²) in [5.74, 6) is 1.05. The van der Waals surface area contributed by atoms with Crippen LogP contribution in [-0.2, 0) is 17.4 Å². The molecule has 0 atom stereocenters. The molecule has 0 bridgehead atoms. The van der Waals surface area contributed by atoms with Gasteiger partial charge >= 0.3 is 0 Å². The van der Waals surface area contributed by atoms with Gasteiger partial charge in [0.2, 0.25) is 0 Å². The highest BCUT2D eigenvalue weighted by Crippen LogP contribution is 2.33. The molecule has 4 aromatic rings. The largest absolute Gasteiger partial charge is 0.460 e. The van der Waals surface area contributed by atoms with Crippen molar-refractivity contribution in [1.29, 1.82) is 0 Å². The molecule has 0 saturated carbocycles.